The van der Waals surface area contributed by atoms with Gasteiger partial charge in [0, 0.05) is 43.5 Å². The fourth-order valence-corrected chi connectivity index (χ4v) is 3.08. The highest BCUT2D eigenvalue weighted by molar-refractivity contribution is 5.89. The quantitative estimate of drug-likeness (QED) is 0.792. The molecule has 1 fully saturated rings. The maximum absolute atomic E-state index is 11.1. The minimum absolute atomic E-state index is 0.220. The fourth-order valence-electron chi connectivity index (χ4n) is 3.08. The van der Waals surface area contributed by atoms with E-state index >= 15 is 0 Å². The van der Waals surface area contributed by atoms with Crippen molar-refractivity contribution in [2.45, 2.75) is 0 Å². The Hall–Kier alpha value is -2.86. The number of oxazole rings is 1. The van der Waals surface area contributed by atoms with Gasteiger partial charge in [0.1, 0.15) is 5.52 Å². The maximum atomic E-state index is 11.1. The van der Waals surface area contributed by atoms with Gasteiger partial charge < -0.3 is 19.3 Å². The van der Waals surface area contributed by atoms with Gasteiger partial charge in [0.25, 0.3) is 0 Å². The van der Waals surface area contributed by atoms with Gasteiger partial charge in [-0.25, -0.2) is 9.78 Å². The van der Waals surface area contributed by atoms with Crippen LogP contribution in [0.15, 0.2) is 46.9 Å². The van der Waals surface area contributed by atoms with Crippen LogP contribution in [0.3, 0.4) is 0 Å². The molecule has 1 N–H and O–H groups in total. The average Bonchev–Trinajstić information content (AvgIpc) is 3.06. The third-order valence-electron chi connectivity index (χ3n) is 4.60. The zero-order valence-electron chi connectivity index (χ0n) is 14.0. The summed E-state index contributed by atoms with van der Waals surface area (Å²) in [6.45, 7) is 4.07. The topological polar surface area (TPSA) is 69.8 Å². The first-order valence-electron chi connectivity index (χ1n) is 8.28. The van der Waals surface area contributed by atoms with Crippen LogP contribution in [-0.4, -0.2) is 54.2 Å². The second-order valence-electron chi connectivity index (χ2n) is 6.35. The molecule has 1 aliphatic rings. The Morgan fingerprint density at radius 1 is 1.12 bits per heavy atom. The number of anilines is 1. The molecule has 2 aromatic carbocycles. The summed E-state index contributed by atoms with van der Waals surface area (Å²) >= 11 is 0. The van der Waals surface area contributed by atoms with Gasteiger partial charge in [-0.15, -0.1) is 0 Å². The molecule has 128 valence electrons. The van der Waals surface area contributed by atoms with Crippen molar-refractivity contribution in [3.05, 3.63) is 48.0 Å². The number of hydrogen-bond acceptors (Lipinski definition) is 5. The van der Waals surface area contributed by atoms with Crippen molar-refractivity contribution in [2.75, 3.05) is 38.1 Å². The van der Waals surface area contributed by atoms with E-state index in [-0.39, 0.29) is 5.56 Å². The number of aromatic carboxylic acids is 1. The van der Waals surface area contributed by atoms with Crippen LogP contribution in [0.5, 0.6) is 0 Å². The molecule has 1 saturated heterocycles. The van der Waals surface area contributed by atoms with Crippen molar-refractivity contribution in [1.29, 1.82) is 0 Å². The first-order chi connectivity index (χ1) is 12.1. The Morgan fingerprint density at radius 2 is 1.92 bits per heavy atom. The highest BCUT2D eigenvalue weighted by Crippen LogP contribution is 2.28. The molecular formula is C19H19N3O3. The van der Waals surface area contributed by atoms with Crippen molar-refractivity contribution in [3.8, 4) is 11.5 Å². The second kappa shape index (κ2) is 6.22. The molecule has 6 heteroatoms. The van der Waals surface area contributed by atoms with Gasteiger partial charge in [0.05, 0.1) is 5.56 Å². The number of carbonyl (C=O) groups is 1. The van der Waals surface area contributed by atoms with E-state index in [9.17, 15) is 4.79 Å². The number of benzene rings is 2. The molecule has 6 nitrogen and oxygen atoms in total. The molecule has 0 saturated carbocycles. The van der Waals surface area contributed by atoms with Crippen LogP contribution in [0, 0.1) is 0 Å². The van der Waals surface area contributed by atoms with Crippen molar-refractivity contribution >= 4 is 22.8 Å². The van der Waals surface area contributed by atoms with Gasteiger partial charge in [-0.3, -0.25) is 0 Å². The molecule has 0 spiro atoms. The first-order valence-corrected chi connectivity index (χ1v) is 8.28. The highest BCUT2D eigenvalue weighted by atomic mass is 16.4. The molecule has 0 unspecified atom stereocenters. The second-order valence-corrected chi connectivity index (χ2v) is 6.35. The largest absolute Gasteiger partial charge is 0.478 e. The lowest BCUT2D eigenvalue weighted by Gasteiger charge is -2.33. The van der Waals surface area contributed by atoms with Crippen molar-refractivity contribution in [1.82, 2.24) is 9.88 Å². The van der Waals surface area contributed by atoms with Gasteiger partial charge in [0.15, 0.2) is 5.58 Å². The van der Waals surface area contributed by atoms with Crippen molar-refractivity contribution in [3.63, 3.8) is 0 Å². The van der Waals surface area contributed by atoms with Gasteiger partial charge in [0.2, 0.25) is 5.89 Å². The Labute approximate surface area is 145 Å². The summed E-state index contributed by atoms with van der Waals surface area (Å²) < 4.78 is 5.90. The monoisotopic (exact) mass is 337 g/mol. The van der Waals surface area contributed by atoms with Crippen LogP contribution < -0.4 is 4.90 Å². The number of likely N-dealkylation sites (N-methyl/N-ethyl adjacent to an activating group) is 1. The number of fused-ring (bicyclic) bond motifs is 1. The Bertz CT molecular complexity index is 927. The molecule has 1 aromatic heterocycles. The van der Waals surface area contributed by atoms with Crippen LogP contribution in [-0.2, 0) is 0 Å². The number of piperazine rings is 1. The molecule has 0 bridgehead atoms. The molecule has 0 aliphatic carbocycles. The summed E-state index contributed by atoms with van der Waals surface area (Å²) in [7, 11) is 2.13. The summed E-state index contributed by atoms with van der Waals surface area (Å²) in [5.41, 5.74) is 3.50. The van der Waals surface area contributed by atoms with E-state index < -0.39 is 5.97 Å². The van der Waals surface area contributed by atoms with E-state index in [0.717, 1.165) is 37.4 Å². The van der Waals surface area contributed by atoms with Gasteiger partial charge >= 0.3 is 5.97 Å². The predicted octanol–water partition coefficient (Wildman–Crippen LogP) is 2.94. The maximum Gasteiger partial charge on any atom is 0.335 e. The highest BCUT2D eigenvalue weighted by Gasteiger charge is 2.16. The van der Waals surface area contributed by atoms with E-state index in [2.05, 4.69) is 27.9 Å². The van der Waals surface area contributed by atoms with Crippen LogP contribution in [0.4, 0.5) is 5.69 Å². The summed E-state index contributed by atoms with van der Waals surface area (Å²) in [6.07, 6.45) is 0. The summed E-state index contributed by atoms with van der Waals surface area (Å²) in [5.74, 6) is -0.524. The lowest BCUT2D eigenvalue weighted by atomic mass is 10.1. The van der Waals surface area contributed by atoms with Crippen molar-refractivity contribution < 1.29 is 14.3 Å². The normalized spacial score (nSPS) is 15.6. The molecule has 25 heavy (non-hydrogen) atoms. The molecule has 0 amide bonds. The van der Waals surface area contributed by atoms with E-state index in [1.165, 1.54) is 0 Å². The Balaban J connectivity index is 1.66. The molecule has 0 atom stereocenters. The van der Waals surface area contributed by atoms with Crippen LogP contribution >= 0.6 is 0 Å². The van der Waals surface area contributed by atoms with Gasteiger partial charge in [-0.05, 0) is 37.4 Å². The number of carboxylic acids is 1. The molecule has 1 aliphatic heterocycles. The zero-order chi connectivity index (χ0) is 17.4. The standard InChI is InChI=1S/C19H19N3O3/c1-21-7-9-22(10-8-21)15-5-6-16-17(12-15)25-18(20-16)13-3-2-4-14(11-13)19(23)24/h2-6,11-12H,7-10H2,1H3,(H,23,24). The van der Waals surface area contributed by atoms with Crippen molar-refractivity contribution in [2.24, 2.45) is 0 Å². The van der Waals surface area contributed by atoms with Crippen LogP contribution in [0.25, 0.3) is 22.6 Å². The number of nitrogens with zero attached hydrogens (tertiary/aromatic N) is 3. The number of carboxylic acid groups (broad SMARTS) is 1. The van der Waals surface area contributed by atoms with E-state index in [0.29, 0.717) is 17.0 Å². The summed E-state index contributed by atoms with van der Waals surface area (Å²) in [6, 6.07) is 12.7. The minimum atomic E-state index is -0.963. The number of hydrogen-bond donors (Lipinski definition) is 1. The summed E-state index contributed by atoms with van der Waals surface area (Å²) in [4.78, 5) is 20.3. The van der Waals surface area contributed by atoms with E-state index in [1.807, 2.05) is 12.1 Å². The molecule has 3 aromatic rings. The number of rotatable bonds is 3. The SMILES string of the molecule is CN1CCN(c2ccc3nc(-c4cccc(C(=O)O)c4)oc3c2)CC1. The van der Waals surface area contributed by atoms with Gasteiger partial charge in [-0.2, -0.15) is 0 Å². The number of aromatic nitrogens is 1. The predicted molar refractivity (Wildman–Crippen MR) is 96.1 cm³/mol. The summed E-state index contributed by atoms with van der Waals surface area (Å²) in [5, 5.41) is 9.14. The molecule has 4 rings (SSSR count). The van der Waals surface area contributed by atoms with Gasteiger partial charge in [-0.1, -0.05) is 6.07 Å². The van der Waals surface area contributed by atoms with Crippen LogP contribution in [0.2, 0.25) is 0 Å². The Morgan fingerprint density at radius 3 is 2.68 bits per heavy atom. The fraction of sp³-hybridized carbons (Fsp3) is 0.263. The van der Waals surface area contributed by atoms with Crippen LogP contribution in [0.1, 0.15) is 10.4 Å². The average molecular weight is 337 g/mol. The lowest BCUT2D eigenvalue weighted by molar-refractivity contribution is 0.0697. The third kappa shape index (κ3) is 3.08. The third-order valence-corrected chi connectivity index (χ3v) is 4.60. The molecule has 2 heterocycles. The minimum Gasteiger partial charge on any atom is -0.478 e. The first kappa shape index (κ1) is 15.7. The molecular weight excluding hydrogens is 318 g/mol. The van der Waals surface area contributed by atoms with E-state index in [4.69, 9.17) is 9.52 Å². The molecule has 0 radical (unpaired) electrons. The lowest BCUT2D eigenvalue weighted by Crippen LogP contribution is -2.44. The van der Waals surface area contributed by atoms with E-state index in [1.54, 1.807) is 24.3 Å². The smallest absolute Gasteiger partial charge is 0.335 e. The zero-order valence-corrected chi connectivity index (χ0v) is 14.0. The Kier molecular flexibility index (Phi) is 3.89.